The highest BCUT2D eigenvalue weighted by molar-refractivity contribution is 6.41. The van der Waals surface area contributed by atoms with Crippen LogP contribution in [0.2, 0.25) is 0 Å². The Morgan fingerprint density at radius 3 is 2.62 bits per heavy atom. The standard InChI is InChI=1S/C21H31N3O5/c1-16(2)14-22(3)9-5-10-24-15-21(29-20(24)27)7-11-23(12-8-21)19(26)18(25)17-6-4-13-28-17/h4,6,13,16H,5,7-12,14-15H2,1-3H3. The Labute approximate surface area is 171 Å². The fraction of sp³-hybridized carbons (Fsp3) is 0.667. The predicted octanol–water partition coefficient (Wildman–Crippen LogP) is 2.25. The normalized spacial score (nSPS) is 18.7. The van der Waals surface area contributed by atoms with Crippen molar-refractivity contribution in [1.82, 2.24) is 14.7 Å². The van der Waals surface area contributed by atoms with Crippen LogP contribution < -0.4 is 0 Å². The van der Waals surface area contributed by atoms with Crippen molar-refractivity contribution in [2.24, 2.45) is 5.92 Å². The molecule has 0 N–H and O–H groups in total. The van der Waals surface area contributed by atoms with Crippen LogP contribution in [0.4, 0.5) is 4.79 Å². The van der Waals surface area contributed by atoms with Gasteiger partial charge in [-0.1, -0.05) is 13.8 Å². The van der Waals surface area contributed by atoms with Crippen LogP contribution in [-0.4, -0.2) is 84.4 Å². The molecule has 0 atom stereocenters. The number of nitrogens with zero attached hydrogens (tertiary/aromatic N) is 3. The number of ether oxygens (including phenoxy) is 1. The highest BCUT2D eigenvalue weighted by Gasteiger charge is 2.47. The third-order valence-corrected chi connectivity index (χ3v) is 5.59. The van der Waals surface area contributed by atoms with Crippen molar-refractivity contribution < 1.29 is 23.5 Å². The number of ketones is 1. The lowest BCUT2D eigenvalue weighted by molar-refractivity contribution is -0.129. The summed E-state index contributed by atoms with van der Waals surface area (Å²) in [4.78, 5) is 42.5. The van der Waals surface area contributed by atoms with Gasteiger partial charge in [-0.15, -0.1) is 0 Å². The lowest BCUT2D eigenvalue weighted by Gasteiger charge is -2.37. The zero-order chi connectivity index (χ0) is 21.0. The van der Waals surface area contributed by atoms with E-state index in [1.54, 1.807) is 11.0 Å². The average molecular weight is 405 g/mol. The second kappa shape index (κ2) is 8.98. The first-order valence-electron chi connectivity index (χ1n) is 10.3. The molecule has 8 nitrogen and oxygen atoms in total. The zero-order valence-electron chi connectivity index (χ0n) is 17.6. The molecule has 0 aliphatic carbocycles. The van der Waals surface area contributed by atoms with E-state index in [2.05, 4.69) is 25.8 Å². The van der Waals surface area contributed by atoms with E-state index in [4.69, 9.17) is 9.15 Å². The summed E-state index contributed by atoms with van der Waals surface area (Å²) in [6.45, 7) is 8.36. The Balaban J connectivity index is 1.46. The summed E-state index contributed by atoms with van der Waals surface area (Å²) in [6, 6.07) is 3.07. The van der Waals surface area contributed by atoms with Crippen molar-refractivity contribution >= 4 is 17.8 Å². The molecule has 8 heteroatoms. The Kier molecular flexibility index (Phi) is 6.62. The molecule has 0 bridgehead atoms. The van der Waals surface area contributed by atoms with Crippen LogP contribution in [0.15, 0.2) is 22.8 Å². The molecule has 2 aliphatic rings. The molecular formula is C21H31N3O5. The van der Waals surface area contributed by atoms with Gasteiger partial charge < -0.3 is 23.9 Å². The van der Waals surface area contributed by atoms with Gasteiger partial charge in [-0.25, -0.2) is 4.79 Å². The zero-order valence-corrected chi connectivity index (χ0v) is 17.6. The number of amides is 2. The van der Waals surface area contributed by atoms with Crippen LogP contribution in [0.25, 0.3) is 0 Å². The summed E-state index contributed by atoms with van der Waals surface area (Å²) in [5.74, 6) is -0.533. The molecule has 1 spiro atoms. The third-order valence-electron chi connectivity index (χ3n) is 5.59. The molecule has 2 aliphatic heterocycles. The van der Waals surface area contributed by atoms with Crippen LogP contribution in [0.5, 0.6) is 0 Å². The van der Waals surface area contributed by atoms with E-state index >= 15 is 0 Å². The van der Waals surface area contributed by atoms with Gasteiger partial charge in [-0.3, -0.25) is 9.59 Å². The second-order valence-electron chi connectivity index (χ2n) is 8.58. The molecule has 3 heterocycles. The van der Waals surface area contributed by atoms with E-state index in [0.29, 0.717) is 44.9 Å². The Morgan fingerprint density at radius 1 is 1.28 bits per heavy atom. The SMILES string of the molecule is CC(C)CN(C)CCCN1CC2(CCN(C(=O)C(=O)c3ccco3)CC2)OC1=O. The number of furan rings is 1. The molecule has 1 aromatic rings. The van der Waals surface area contributed by atoms with E-state index in [1.165, 1.54) is 17.2 Å². The lowest BCUT2D eigenvalue weighted by Crippen LogP contribution is -2.50. The summed E-state index contributed by atoms with van der Waals surface area (Å²) in [5, 5.41) is 0. The smallest absolute Gasteiger partial charge is 0.410 e. The number of carbonyl (C=O) groups is 3. The summed E-state index contributed by atoms with van der Waals surface area (Å²) in [5.41, 5.74) is -0.550. The quantitative estimate of drug-likeness (QED) is 0.487. The molecule has 29 heavy (non-hydrogen) atoms. The summed E-state index contributed by atoms with van der Waals surface area (Å²) in [7, 11) is 2.10. The van der Waals surface area contributed by atoms with Crippen molar-refractivity contribution in [3.63, 3.8) is 0 Å². The highest BCUT2D eigenvalue weighted by Crippen LogP contribution is 2.33. The minimum absolute atomic E-state index is 0.0520. The van der Waals surface area contributed by atoms with Crippen molar-refractivity contribution in [3.8, 4) is 0 Å². The minimum Gasteiger partial charge on any atom is -0.461 e. The van der Waals surface area contributed by atoms with E-state index in [-0.39, 0.29) is 11.9 Å². The minimum atomic E-state index is -0.637. The van der Waals surface area contributed by atoms with Gasteiger partial charge in [0.1, 0.15) is 5.60 Å². The largest absolute Gasteiger partial charge is 0.461 e. The molecule has 2 fully saturated rings. The van der Waals surface area contributed by atoms with Gasteiger partial charge in [0.05, 0.1) is 12.8 Å². The molecule has 0 aromatic carbocycles. The van der Waals surface area contributed by atoms with Gasteiger partial charge in [-0.2, -0.15) is 0 Å². The van der Waals surface area contributed by atoms with Gasteiger partial charge in [0, 0.05) is 39.0 Å². The van der Waals surface area contributed by atoms with Gasteiger partial charge in [-0.05, 0) is 38.1 Å². The molecule has 3 rings (SSSR count). The van der Waals surface area contributed by atoms with Crippen LogP contribution in [0.3, 0.4) is 0 Å². The van der Waals surface area contributed by atoms with Crippen molar-refractivity contribution in [3.05, 3.63) is 24.2 Å². The van der Waals surface area contributed by atoms with Crippen molar-refractivity contribution in [2.45, 2.75) is 38.7 Å². The van der Waals surface area contributed by atoms with E-state index in [1.807, 2.05) is 0 Å². The highest BCUT2D eigenvalue weighted by atomic mass is 16.6. The maximum Gasteiger partial charge on any atom is 0.410 e. The van der Waals surface area contributed by atoms with E-state index in [0.717, 1.165) is 19.5 Å². The second-order valence-corrected chi connectivity index (χ2v) is 8.58. The van der Waals surface area contributed by atoms with Crippen LogP contribution >= 0.6 is 0 Å². The van der Waals surface area contributed by atoms with E-state index in [9.17, 15) is 14.4 Å². The number of rotatable bonds is 8. The molecule has 0 radical (unpaired) electrons. The fourth-order valence-corrected chi connectivity index (χ4v) is 4.15. The Morgan fingerprint density at radius 2 is 2.00 bits per heavy atom. The van der Waals surface area contributed by atoms with Crippen LogP contribution in [-0.2, 0) is 9.53 Å². The van der Waals surface area contributed by atoms with Crippen LogP contribution in [0, 0.1) is 5.92 Å². The van der Waals surface area contributed by atoms with Crippen molar-refractivity contribution in [2.75, 3.05) is 46.3 Å². The molecule has 2 amide bonds. The van der Waals surface area contributed by atoms with Crippen LogP contribution in [0.1, 0.15) is 43.7 Å². The molecule has 2 saturated heterocycles. The van der Waals surface area contributed by atoms with Gasteiger partial charge in [0.25, 0.3) is 11.7 Å². The number of likely N-dealkylation sites (tertiary alicyclic amines) is 1. The topological polar surface area (TPSA) is 83.3 Å². The van der Waals surface area contributed by atoms with Gasteiger partial charge in [0.15, 0.2) is 5.76 Å². The Hall–Kier alpha value is -2.35. The maximum atomic E-state index is 12.4. The Bertz CT molecular complexity index is 723. The monoisotopic (exact) mass is 405 g/mol. The predicted molar refractivity (Wildman–Crippen MR) is 107 cm³/mol. The molecule has 0 unspecified atom stereocenters. The molecule has 160 valence electrons. The molecule has 1 aromatic heterocycles. The number of carbonyl (C=O) groups excluding carboxylic acids is 3. The maximum absolute atomic E-state index is 12.4. The average Bonchev–Trinajstić information content (AvgIpc) is 3.30. The fourth-order valence-electron chi connectivity index (χ4n) is 4.15. The summed E-state index contributed by atoms with van der Waals surface area (Å²) < 4.78 is 10.7. The van der Waals surface area contributed by atoms with Gasteiger partial charge in [0.2, 0.25) is 0 Å². The summed E-state index contributed by atoms with van der Waals surface area (Å²) >= 11 is 0. The number of hydrogen-bond donors (Lipinski definition) is 0. The third kappa shape index (κ3) is 5.18. The number of hydrogen-bond acceptors (Lipinski definition) is 6. The number of piperidine rings is 1. The van der Waals surface area contributed by atoms with Gasteiger partial charge >= 0.3 is 6.09 Å². The summed E-state index contributed by atoms with van der Waals surface area (Å²) in [6.07, 6.45) is 3.08. The molecule has 0 saturated carbocycles. The number of Topliss-reactive ketones (excluding diaryl/α,β-unsaturated/α-hetero) is 1. The first-order chi connectivity index (χ1) is 13.8. The first kappa shape index (κ1) is 21.4. The lowest BCUT2D eigenvalue weighted by atomic mass is 9.91. The van der Waals surface area contributed by atoms with E-state index < -0.39 is 17.3 Å². The molecular weight excluding hydrogens is 374 g/mol. The first-order valence-corrected chi connectivity index (χ1v) is 10.3. The van der Waals surface area contributed by atoms with Crippen molar-refractivity contribution in [1.29, 1.82) is 0 Å².